The molecule has 0 bridgehead atoms. The molecule has 1 aromatic heterocycles. The SMILES string of the molecule is CC(C)CC1CSC(NC(C)Cc2ccco2)=N1. The standard InChI is InChI=1S/C14H22N2OS/c1-10(2)7-12-9-18-14(16-12)15-11(3)8-13-5-4-6-17-13/h4-6,10-12H,7-9H2,1-3H3,(H,15,16). The molecule has 1 aliphatic heterocycles. The summed E-state index contributed by atoms with van der Waals surface area (Å²) in [5, 5.41) is 4.57. The number of rotatable bonds is 5. The largest absolute Gasteiger partial charge is 0.469 e. The first-order valence-corrected chi connectivity index (χ1v) is 7.61. The molecule has 0 saturated heterocycles. The van der Waals surface area contributed by atoms with E-state index in [0.717, 1.165) is 29.0 Å². The Morgan fingerprint density at radius 3 is 3.00 bits per heavy atom. The van der Waals surface area contributed by atoms with E-state index in [4.69, 9.17) is 9.41 Å². The highest BCUT2D eigenvalue weighted by Crippen LogP contribution is 2.22. The Hall–Kier alpha value is -0.900. The number of furan rings is 1. The fourth-order valence-electron chi connectivity index (χ4n) is 2.15. The van der Waals surface area contributed by atoms with Crippen LogP contribution in [0.4, 0.5) is 0 Å². The minimum absolute atomic E-state index is 0.361. The molecule has 0 spiro atoms. The van der Waals surface area contributed by atoms with Gasteiger partial charge in [0.25, 0.3) is 0 Å². The molecule has 0 amide bonds. The van der Waals surface area contributed by atoms with Gasteiger partial charge in [-0.25, -0.2) is 0 Å². The maximum atomic E-state index is 5.36. The second-order valence-corrected chi connectivity index (χ2v) is 6.37. The molecule has 3 nitrogen and oxygen atoms in total. The van der Waals surface area contributed by atoms with Crippen LogP contribution in [0.5, 0.6) is 0 Å². The molecule has 1 N–H and O–H groups in total. The predicted octanol–water partition coefficient (Wildman–Crippen LogP) is 3.32. The molecule has 2 unspecified atom stereocenters. The molecule has 0 aliphatic carbocycles. The molecule has 2 atom stereocenters. The van der Waals surface area contributed by atoms with Crippen molar-refractivity contribution in [1.82, 2.24) is 5.32 Å². The van der Waals surface area contributed by atoms with Gasteiger partial charge in [-0.1, -0.05) is 25.6 Å². The molecular weight excluding hydrogens is 244 g/mol. The fourth-order valence-corrected chi connectivity index (χ4v) is 3.22. The maximum Gasteiger partial charge on any atom is 0.157 e. The van der Waals surface area contributed by atoms with E-state index in [1.54, 1.807) is 6.26 Å². The van der Waals surface area contributed by atoms with Crippen LogP contribution in [0, 0.1) is 5.92 Å². The summed E-state index contributed by atoms with van der Waals surface area (Å²) in [5.74, 6) is 2.87. The van der Waals surface area contributed by atoms with Gasteiger partial charge >= 0.3 is 0 Å². The summed E-state index contributed by atoms with van der Waals surface area (Å²) in [5.41, 5.74) is 0. The lowest BCUT2D eigenvalue weighted by Crippen LogP contribution is -2.31. The van der Waals surface area contributed by atoms with E-state index in [1.165, 1.54) is 6.42 Å². The van der Waals surface area contributed by atoms with Crippen LogP contribution in [0.15, 0.2) is 27.8 Å². The van der Waals surface area contributed by atoms with E-state index in [2.05, 4.69) is 26.1 Å². The van der Waals surface area contributed by atoms with Crippen LogP contribution in [0.1, 0.15) is 33.0 Å². The summed E-state index contributed by atoms with van der Waals surface area (Å²) >= 11 is 1.84. The first-order chi connectivity index (χ1) is 8.63. The Balaban J connectivity index is 1.79. The Bertz CT molecular complexity index is 387. The highest BCUT2D eigenvalue weighted by Gasteiger charge is 2.20. The monoisotopic (exact) mass is 266 g/mol. The molecule has 2 rings (SSSR count). The predicted molar refractivity (Wildman–Crippen MR) is 78.1 cm³/mol. The second-order valence-electron chi connectivity index (χ2n) is 5.36. The van der Waals surface area contributed by atoms with Crippen molar-refractivity contribution in [2.45, 2.75) is 45.7 Å². The van der Waals surface area contributed by atoms with Crippen LogP contribution in [0.2, 0.25) is 0 Å². The minimum atomic E-state index is 0.361. The average Bonchev–Trinajstić information content (AvgIpc) is 2.89. The van der Waals surface area contributed by atoms with Crippen molar-refractivity contribution in [3.63, 3.8) is 0 Å². The Morgan fingerprint density at radius 1 is 1.50 bits per heavy atom. The smallest absolute Gasteiger partial charge is 0.157 e. The van der Waals surface area contributed by atoms with Crippen molar-refractivity contribution in [2.24, 2.45) is 10.9 Å². The van der Waals surface area contributed by atoms with Crippen LogP contribution in [0.25, 0.3) is 0 Å². The molecule has 1 aliphatic rings. The van der Waals surface area contributed by atoms with Gasteiger partial charge in [-0.2, -0.15) is 0 Å². The van der Waals surface area contributed by atoms with Crippen molar-refractivity contribution in [3.8, 4) is 0 Å². The number of hydrogen-bond donors (Lipinski definition) is 1. The molecule has 2 heterocycles. The van der Waals surface area contributed by atoms with Crippen molar-refractivity contribution in [3.05, 3.63) is 24.2 Å². The lowest BCUT2D eigenvalue weighted by molar-refractivity contribution is 0.482. The molecule has 1 aromatic rings. The topological polar surface area (TPSA) is 37.5 Å². The van der Waals surface area contributed by atoms with Crippen molar-refractivity contribution in [1.29, 1.82) is 0 Å². The Labute approximate surface area is 113 Å². The number of nitrogens with zero attached hydrogens (tertiary/aromatic N) is 1. The first kappa shape index (κ1) is 13.5. The summed E-state index contributed by atoms with van der Waals surface area (Å²) in [6.07, 6.45) is 3.81. The van der Waals surface area contributed by atoms with Crippen LogP contribution in [0.3, 0.4) is 0 Å². The zero-order chi connectivity index (χ0) is 13.0. The summed E-state index contributed by atoms with van der Waals surface area (Å²) < 4.78 is 5.36. The van der Waals surface area contributed by atoms with E-state index < -0.39 is 0 Å². The van der Waals surface area contributed by atoms with Crippen LogP contribution < -0.4 is 5.32 Å². The van der Waals surface area contributed by atoms with Gasteiger partial charge in [0.05, 0.1) is 12.3 Å². The third-order valence-corrected chi connectivity index (χ3v) is 3.96. The summed E-state index contributed by atoms with van der Waals surface area (Å²) in [6.45, 7) is 6.68. The van der Waals surface area contributed by atoms with Gasteiger partial charge in [0.1, 0.15) is 5.76 Å². The molecule has 0 fully saturated rings. The summed E-state index contributed by atoms with van der Waals surface area (Å²) in [6, 6.07) is 4.81. The van der Waals surface area contributed by atoms with E-state index >= 15 is 0 Å². The lowest BCUT2D eigenvalue weighted by atomic mass is 10.1. The van der Waals surface area contributed by atoms with E-state index in [9.17, 15) is 0 Å². The lowest BCUT2D eigenvalue weighted by Gasteiger charge is -2.12. The zero-order valence-electron chi connectivity index (χ0n) is 11.3. The molecule has 4 heteroatoms. The molecule has 0 saturated carbocycles. The molecule has 100 valence electrons. The highest BCUT2D eigenvalue weighted by molar-refractivity contribution is 8.14. The quantitative estimate of drug-likeness (QED) is 0.888. The summed E-state index contributed by atoms with van der Waals surface area (Å²) in [7, 11) is 0. The molecule has 0 radical (unpaired) electrons. The van der Waals surface area contributed by atoms with Crippen LogP contribution in [-0.4, -0.2) is 23.0 Å². The number of aliphatic imine (C=N–C) groups is 1. The van der Waals surface area contributed by atoms with Gasteiger partial charge < -0.3 is 9.73 Å². The fraction of sp³-hybridized carbons (Fsp3) is 0.643. The van der Waals surface area contributed by atoms with Crippen LogP contribution >= 0.6 is 11.8 Å². The maximum absolute atomic E-state index is 5.36. The number of hydrogen-bond acceptors (Lipinski definition) is 4. The number of amidine groups is 1. The Kier molecular flexibility index (Phi) is 4.75. The van der Waals surface area contributed by atoms with Gasteiger partial charge in [0.2, 0.25) is 0 Å². The minimum Gasteiger partial charge on any atom is -0.469 e. The van der Waals surface area contributed by atoms with Gasteiger partial charge in [-0.15, -0.1) is 0 Å². The number of thioether (sulfide) groups is 1. The van der Waals surface area contributed by atoms with Crippen molar-refractivity contribution >= 4 is 16.9 Å². The van der Waals surface area contributed by atoms with Crippen molar-refractivity contribution < 1.29 is 4.42 Å². The normalized spacial score (nSPS) is 21.1. The Morgan fingerprint density at radius 2 is 2.33 bits per heavy atom. The van der Waals surface area contributed by atoms with Gasteiger partial charge in [-0.3, -0.25) is 4.99 Å². The van der Waals surface area contributed by atoms with Crippen molar-refractivity contribution in [2.75, 3.05) is 5.75 Å². The molecular formula is C14H22N2OS. The van der Waals surface area contributed by atoms with E-state index in [-0.39, 0.29) is 0 Å². The summed E-state index contributed by atoms with van der Waals surface area (Å²) in [4.78, 5) is 4.74. The zero-order valence-corrected chi connectivity index (χ0v) is 12.2. The van der Waals surface area contributed by atoms with Gasteiger partial charge in [0, 0.05) is 18.2 Å². The first-order valence-electron chi connectivity index (χ1n) is 6.63. The third-order valence-electron chi connectivity index (χ3n) is 2.91. The number of nitrogens with one attached hydrogen (secondary N) is 1. The molecule has 0 aromatic carbocycles. The van der Waals surface area contributed by atoms with E-state index in [1.807, 2.05) is 23.9 Å². The van der Waals surface area contributed by atoms with Gasteiger partial charge in [-0.05, 0) is 31.4 Å². The molecule has 18 heavy (non-hydrogen) atoms. The van der Waals surface area contributed by atoms with Gasteiger partial charge in [0.15, 0.2) is 5.17 Å². The average molecular weight is 266 g/mol. The van der Waals surface area contributed by atoms with E-state index in [0.29, 0.717) is 12.1 Å². The van der Waals surface area contributed by atoms with Crippen LogP contribution in [-0.2, 0) is 6.42 Å². The highest BCUT2D eigenvalue weighted by atomic mass is 32.2. The second kappa shape index (κ2) is 6.32. The third kappa shape index (κ3) is 4.09.